The number of carbonyl (C=O) groups is 1. The molecule has 1 amide bonds. The largest absolute Gasteiger partial charge is 0.375 e. The highest BCUT2D eigenvalue weighted by molar-refractivity contribution is 7.98. The van der Waals surface area contributed by atoms with Crippen LogP contribution in [0.5, 0.6) is 0 Å². The van der Waals surface area contributed by atoms with Crippen LogP contribution in [0.2, 0.25) is 0 Å². The molecule has 0 radical (unpaired) electrons. The average molecular weight is 265 g/mol. The van der Waals surface area contributed by atoms with Gasteiger partial charge in [-0.2, -0.15) is 0 Å². The number of rotatable bonds is 7. The van der Waals surface area contributed by atoms with Crippen molar-refractivity contribution in [1.82, 2.24) is 5.32 Å². The van der Waals surface area contributed by atoms with Crippen LogP contribution in [0.1, 0.15) is 17.3 Å². The molecular weight excluding hydrogens is 246 g/mol. The SMILES string of the molecule is C=C(C)COCCNC(=O)c1ccccc1SC. The third kappa shape index (κ3) is 4.94. The van der Waals surface area contributed by atoms with Gasteiger partial charge in [-0.05, 0) is 25.3 Å². The average Bonchev–Trinajstić information content (AvgIpc) is 2.37. The maximum absolute atomic E-state index is 11.9. The van der Waals surface area contributed by atoms with Crippen molar-refractivity contribution in [3.63, 3.8) is 0 Å². The van der Waals surface area contributed by atoms with E-state index in [0.29, 0.717) is 25.3 Å². The van der Waals surface area contributed by atoms with E-state index in [1.165, 1.54) is 0 Å². The molecule has 0 bridgehead atoms. The lowest BCUT2D eigenvalue weighted by atomic mass is 10.2. The zero-order chi connectivity index (χ0) is 13.4. The lowest BCUT2D eigenvalue weighted by Gasteiger charge is -2.08. The predicted octanol–water partition coefficient (Wildman–Crippen LogP) is 2.73. The van der Waals surface area contributed by atoms with Crippen LogP contribution in [0.3, 0.4) is 0 Å². The molecule has 0 aromatic heterocycles. The van der Waals surface area contributed by atoms with Gasteiger partial charge in [-0.25, -0.2) is 0 Å². The summed E-state index contributed by atoms with van der Waals surface area (Å²) >= 11 is 1.57. The Hall–Kier alpha value is -1.26. The lowest BCUT2D eigenvalue weighted by molar-refractivity contribution is 0.0924. The van der Waals surface area contributed by atoms with Gasteiger partial charge in [0.2, 0.25) is 0 Å². The van der Waals surface area contributed by atoms with Crippen LogP contribution < -0.4 is 5.32 Å². The van der Waals surface area contributed by atoms with Crippen molar-refractivity contribution in [3.8, 4) is 0 Å². The number of benzene rings is 1. The summed E-state index contributed by atoms with van der Waals surface area (Å²) in [5.41, 5.74) is 1.69. The molecule has 0 aliphatic heterocycles. The Kier molecular flexibility index (Phi) is 6.54. The second kappa shape index (κ2) is 7.95. The zero-order valence-electron chi connectivity index (χ0n) is 10.9. The number of ether oxygens (including phenoxy) is 1. The minimum atomic E-state index is -0.0566. The highest BCUT2D eigenvalue weighted by Gasteiger charge is 2.08. The predicted molar refractivity (Wildman–Crippen MR) is 76.2 cm³/mol. The number of hydrogen-bond donors (Lipinski definition) is 1. The molecule has 1 aromatic rings. The second-order valence-electron chi connectivity index (χ2n) is 3.97. The summed E-state index contributed by atoms with van der Waals surface area (Å²) in [6.07, 6.45) is 1.96. The van der Waals surface area contributed by atoms with Crippen LogP contribution in [-0.2, 0) is 4.74 Å². The Morgan fingerprint density at radius 3 is 2.83 bits per heavy atom. The fourth-order valence-corrected chi connectivity index (χ4v) is 2.01. The van der Waals surface area contributed by atoms with Gasteiger partial charge in [-0.1, -0.05) is 24.3 Å². The van der Waals surface area contributed by atoms with Gasteiger partial charge in [0.25, 0.3) is 5.91 Å². The van der Waals surface area contributed by atoms with Gasteiger partial charge in [0, 0.05) is 11.4 Å². The molecule has 0 fully saturated rings. The van der Waals surface area contributed by atoms with Crippen molar-refractivity contribution in [2.45, 2.75) is 11.8 Å². The molecule has 1 aromatic carbocycles. The topological polar surface area (TPSA) is 38.3 Å². The molecule has 0 aliphatic carbocycles. The van der Waals surface area contributed by atoms with Gasteiger partial charge in [0.1, 0.15) is 0 Å². The first-order chi connectivity index (χ1) is 8.65. The summed E-state index contributed by atoms with van der Waals surface area (Å²) in [6, 6.07) is 7.57. The summed E-state index contributed by atoms with van der Waals surface area (Å²) in [6.45, 7) is 7.20. The van der Waals surface area contributed by atoms with Crippen LogP contribution in [0.25, 0.3) is 0 Å². The standard InChI is InChI=1S/C14H19NO2S/c1-11(2)10-17-9-8-15-14(16)12-6-4-5-7-13(12)18-3/h4-7H,1,8-10H2,2-3H3,(H,15,16). The van der Waals surface area contributed by atoms with Gasteiger partial charge in [-0.15, -0.1) is 11.8 Å². The zero-order valence-corrected chi connectivity index (χ0v) is 11.7. The van der Waals surface area contributed by atoms with Crippen molar-refractivity contribution in [2.24, 2.45) is 0 Å². The van der Waals surface area contributed by atoms with Crippen molar-refractivity contribution in [1.29, 1.82) is 0 Å². The van der Waals surface area contributed by atoms with Crippen molar-refractivity contribution < 1.29 is 9.53 Å². The first-order valence-electron chi connectivity index (χ1n) is 5.78. The van der Waals surface area contributed by atoms with E-state index in [1.807, 2.05) is 37.4 Å². The van der Waals surface area contributed by atoms with Gasteiger partial charge < -0.3 is 10.1 Å². The molecule has 0 spiro atoms. The molecule has 0 heterocycles. The van der Waals surface area contributed by atoms with Gasteiger partial charge in [-0.3, -0.25) is 4.79 Å². The molecule has 4 heteroatoms. The normalized spacial score (nSPS) is 10.1. The molecule has 0 unspecified atom stereocenters. The highest BCUT2D eigenvalue weighted by atomic mass is 32.2. The highest BCUT2D eigenvalue weighted by Crippen LogP contribution is 2.19. The molecular formula is C14H19NO2S. The molecule has 98 valence electrons. The number of hydrogen-bond acceptors (Lipinski definition) is 3. The van der Waals surface area contributed by atoms with Crippen LogP contribution in [-0.4, -0.2) is 31.9 Å². The maximum Gasteiger partial charge on any atom is 0.252 e. The van der Waals surface area contributed by atoms with E-state index < -0.39 is 0 Å². The van der Waals surface area contributed by atoms with Crippen molar-refractivity contribution in [3.05, 3.63) is 42.0 Å². The van der Waals surface area contributed by atoms with Crippen LogP contribution >= 0.6 is 11.8 Å². The third-order valence-electron chi connectivity index (χ3n) is 2.23. The molecule has 0 saturated heterocycles. The van der Waals surface area contributed by atoms with E-state index in [-0.39, 0.29) is 5.91 Å². The van der Waals surface area contributed by atoms with Crippen molar-refractivity contribution >= 4 is 17.7 Å². The Balaban J connectivity index is 2.38. The Morgan fingerprint density at radius 1 is 1.44 bits per heavy atom. The van der Waals surface area contributed by atoms with Crippen LogP contribution in [0.4, 0.5) is 0 Å². The fraction of sp³-hybridized carbons (Fsp3) is 0.357. The number of amides is 1. The number of nitrogens with one attached hydrogen (secondary N) is 1. The van der Waals surface area contributed by atoms with E-state index in [2.05, 4.69) is 11.9 Å². The van der Waals surface area contributed by atoms with Gasteiger partial charge in [0.15, 0.2) is 0 Å². The van der Waals surface area contributed by atoms with E-state index >= 15 is 0 Å². The van der Waals surface area contributed by atoms with E-state index in [9.17, 15) is 4.79 Å². The first-order valence-corrected chi connectivity index (χ1v) is 7.01. The molecule has 0 aliphatic rings. The Bertz CT molecular complexity index is 418. The Morgan fingerprint density at radius 2 is 2.17 bits per heavy atom. The summed E-state index contributed by atoms with van der Waals surface area (Å²) in [5, 5.41) is 2.84. The molecule has 1 rings (SSSR count). The summed E-state index contributed by atoms with van der Waals surface area (Å²) < 4.78 is 5.32. The maximum atomic E-state index is 11.9. The van der Waals surface area contributed by atoms with Gasteiger partial charge in [0.05, 0.1) is 18.8 Å². The van der Waals surface area contributed by atoms with E-state index in [0.717, 1.165) is 10.5 Å². The Labute approximate surface area is 113 Å². The van der Waals surface area contributed by atoms with Gasteiger partial charge >= 0.3 is 0 Å². The van der Waals surface area contributed by atoms with Crippen molar-refractivity contribution in [2.75, 3.05) is 26.0 Å². The third-order valence-corrected chi connectivity index (χ3v) is 3.03. The molecule has 18 heavy (non-hydrogen) atoms. The smallest absolute Gasteiger partial charge is 0.252 e. The quantitative estimate of drug-likeness (QED) is 0.468. The molecule has 0 saturated carbocycles. The molecule has 3 nitrogen and oxygen atoms in total. The summed E-state index contributed by atoms with van der Waals surface area (Å²) in [7, 11) is 0. The summed E-state index contributed by atoms with van der Waals surface area (Å²) in [5.74, 6) is -0.0566. The summed E-state index contributed by atoms with van der Waals surface area (Å²) in [4.78, 5) is 12.9. The first kappa shape index (κ1) is 14.8. The fourth-order valence-electron chi connectivity index (χ4n) is 1.41. The van der Waals surface area contributed by atoms with Crippen LogP contribution in [0, 0.1) is 0 Å². The minimum absolute atomic E-state index is 0.0566. The molecule has 1 N–H and O–H groups in total. The number of thioether (sulfide) groups is 1. The minimum Gasteiger partial charge on any atom is -0.375 e. The monoisotopic (exact) mass is 265 g/mol. The van der Waals surface area contributed by atoms with Crippen LogP contribution in [0.15, 0.2) is 41.3 Å². The van der Waals surface area contributed by atoms with E-state index in [4.69, 9.17) is 4.74 Å². The molecule has 0 atom stereocenters. The number of carbonyl (C=O) groups excluding carboxylic acids is 1. The lowest BCUT2D eigenvalue weighted by Crippen LogP contribution is -2.27. The second-order valence-corrected chi connectivity index (χ2v) is 4.81. The van der Waals surface area contributed by atoms with E-state index in [1.54, 1.807) is 11.8 Å².